The summed E-state index contributed by atoms with van der Waals surface area (Å²) in [6.07, 6.45) is 1.76. The van der Waals surface area contributed by atoms with Gasteiger partial charge >= 0.3 is 0 Å². The number of hydrazine groups is 1. The number of hydrogen-bond donors (Lipinski definition) is 2. The smallest absolute Gasteiger partial charge is 0.134 e. The third-order valence-corrected chi connectivity index (χ3v) is 3.85. The van der Waals surface area contributed by atoms with E-state index in [4.69, 9.17) is 10.3 Å². The third kappa shape index (κ3) is 2.25. The molecule has 2 heterocycles. The molecule has 0 bridgehead atoms. The summed E-state index contributed by atoms with van der Waals surface area (Å²) in [7, 11) is 0. The van der Waals surface area contributed by atoms with Gasteiger partial charge in [0.2, 0.25) is 0 Å². The quantitative estimate of drug-likeness (QED) is 0.571. The van der Waals surface area contributed by atoms with E-state index in [-0.39, 0.29) is 11.9 Å². The van der Waals surface area contributed by atoms with Gasteiger partial charge in [0, 0.05) is 11.6 Å². The highest BCUT2D eigenvalue weighted by atomic mass is 32.1. The van der Waals surface area contributed by atoms with Gasteiger partial charge in [-0.1, -0.05) is 0 Å². The number of nitrogens with zero attached hydrogens (tertiary/aromatic N) is 1. The van der Waals surface area contributed by atoms with E-state index in [9.17, 15) is 4.39 Å². The first kappa shape index (κ1) is 12.3. The second-order valence-electron chi connectivity index (χ2n) is 4.21. The van der Waals surface area contributed by atoms with Gasteiger partial charge in [0.15, 0.2) is 0 Å². The molecule has 6 heteroatoms. The Morgan fingerprint density at radius 2 is 2.26 bits per heavy atom. The largest absolute Gasteiger partial charge is 0.459 e. The monoisotopic (exact) mass is 277 g/mol. The first-order valence-electron chi connectivity index (χ1n) is 5.75. The van der Waals surface area contributed by atoms with Gasteiger partial charge in [0.25, 0.3) is 0 Å². The van der Waals surface area contributed by atoms with Crippen LogP contribution in [0.3, 0.4) is 0 Å². The fourth-order valence-corrected chi connectivity index (χ4v) is 2.85. The molecule has 3 aromatic rings. The minimum atomic E-state index is -0.286. The number of rotatable bonds is 3. The van der Waals surface area contributed by atoms with E-state index in [0.29, 0.717) is 11.3 Å². The molecule has 98 valence electrons. The normalized spacial score (nSPS) is 13.0. The average Bonchev–Trinajstić information content (AvgIpc) is 2.96. The molecule has 0 fully saturated rings. The van der Waals surface area contributed by atoms with Gasteiger partial charge in [-0.2, -0.15) is 0 Å². The lowest BCUT2D eigenvalue weighted by Crippen LogP contribution is -2.27. The van der Waals surface area contributed by atoms with Crippen LogP contribution in [0.25, 0.3) is 11.0 Å². The maximum absolute atomic E-state index is 13.2. The van der Waals surface area contributed by atoms with Gasteiger partial charge in [-0.15, -0.1) is 11.3 Å². The van der Waals surface area contributed by atoms with Crippen molar-refractivity contribution in [2.45, 2.75) is 13.0 Å². The predicted octanol–water partition coefficient (Wildman–Crippen LogP) is 2.89. The second-order valence-corrected chi connectivity index (χ2v) is 5.48. The lowest BCUT2D eigenvalue weighted by Gasteiger charge is -2.09. The van der Waals surface area contributed by atoms with Gasteiger partial charge in [-0.3, -0.25) is 5.84 Å². The van der Waals surface area contributed by atoms with E-state index < -0.39 is 0 Å². The zero-order chi connectivity index (χ0) is 13.4. The van der Waals surface area contributed by atoms with Gasteiger partial charge in [0.1, 0.15) is 23.2 Å². The molecule has 3 rings (SSSR count). The van der Waals surface area contributed by atoms with Crippen molar-refractivity contribution in [2.75, 3.05) is 0 Å². The molecule has 19 heavy (non-hydrogen) atoms. The van der Waals surface area contributed by atoms with Crippen LogP contribution in [0.2, 0.25) is 0 Å². The van der Waals surface area contributed by atoms with Crippen molar-refractivity contribution in [1.29, 1.82) is 0 Å². The van der Waals surface area contributed by atoms with Crippen LogP contribution in [0, 0.1) is 12.7 Å². The van der Waals surface area contributed by atoms with E-state index in [0.717, 1.165) is 15.3 Å². The lowest BCUT2D eigenvalue weighted by atomic mass is 10.2. The highest BCUT2D eigenvalue weighted by Crippen LogP contribution is 2.30. The van der Waals surface area contributed by atoms with Crippen LogP contribution in [0.5, 0.6) is 0 Å². The Balaban J connectivity index is 2.06. The topological polar surface area (TPSA) is 64.1 Å². The number of hydrogen-bond acceptors (Lipinski definition) is 5. The Morgan fingerprint density at radius 3 is 2.95 bits per heavy atom. The summed E-state index contributed by atoms with van der Waals surface area (Å²) >= 11 is 1.54. The molecule has 2 aromatic heterocycles. The standard InChI is InChI=1S/C13H12FN3OS/c1-7-16-6-12(19-7)13(17-15)11-5-8-4-9(14)2-3-10(8)18-11/h2-6,13,17H,15H2,1H3. The summed E-state index contributed by atoms with van der Waals surface area (Å²) in [5, 5.41) is 1.67. The minimum absolute atomic E-state index is 0.276. The van der Waals surface area contributed by atoms with Gasteiger partial charge in [-0.05, 0) is 31.2 Å². The number of aryl methyl sites for hydroxylation is 1. The Kier molecular flexibility index (Phi) is 3.06. The summed E-state index contributed by atoms with van der Waals surface area (Å²) in [5.41, 5.74) is 3.34. The molecule has 4 nitrogen and oxygen atoms in total. The maximum Gasteiger partial charge on any atom is 0.134 e. The van der Waals surface area contributed by atoms with Crippen LogP contribution in [-0.2, 0) is 0 Å². The highest BCUT2D eigenvalue weighted by molar-refractivity contribution is 7.11. The van der Waals surface area contributed by atoms with Crippen LogP contribution in [0.1, 0.15) is 21.7 Å². The number of halogens is 1. The Hall–Kier alpha value is -1.76. The van der Waals surface area contributed by atoms with E-state index in [1.807, 2.05) is 6.92 Å². The van der Waals surface area contributed by atoms with Crippen molar-refractivity contribution < 1.29 is 8.81 Å². The van der Waals surface area contributed by atoms with Gasteiger partial charge in [-0.25, -0.2) is 14.8 Å². The predicted molar refractivity (Wildman–Crippen MR) is 72.2 cm³/mol. The van der Waals surface area contributed by atoms with E-state index >= 15 is 0 Å². The van der Waals surface area contributed by atoms with Crippen LogP contribution < -0.4 is 11.3 Å². The Labute approximate surface area is 113 Å². The van der Waals surface area contributed by atoms with Crippen molar-refractivity contribution in [3.63, 3.8) is 0 Å². The maximum atomic E-state index is 13.2. The summed E-state index contributed by atoms with van der Waals surface area (Å²) in [6.45, 7) is 1.93. The molecule has 0 aliphatic carbocycles. The van der Waals surface area contributed by atoms with Crippen molar-refractivity contribution in [2.24, 2.45) is 5.84 Å². The summed E-state index contributed by atoms with van der Waals surface area (Å²) in [5.74, 6) is 5.95. The van der Waals surface area contributed by atoms with Crippen LogP contribution in [-0.4, -0.2) is 4.98 Å². The number of thiazole rings is 1. The van der Waals surface area contributed by atoms with Gasteiger partial charge in [0.05, 0.1) is 9.88 Å². The fourth-order valence-electron chi connectivity index (χ4n) is 1.99. The van der Waals surface area contributed by atoms with E-state index in [1.165, 1.54) is 12.1 Å². The molecule has 0 amide bonds. The molecule has 0 aliphatic rings. The third-order valence-electron chi connectivity index (χ3n) is 2.87. The first-order chi connectivity index (χ1) is 9.17. The van der Waals surface area contributed by atoms with E-state index in [2.05, 4.69) is 10.4 Å². The second kappa shape index (κ2) is 4.73. The zero-order valence-corrected chi connectivity index (χ0v) is 11.0. The van der Waals surface area contributed by atoms with Crippen molar-refractivity contribution in [3.8, 4) is 0 Å². The number of aromatic nitrogens is 1. The molecule has 0 spiro atoms. The number of nitrogens with one attached hydrogen (secondary N) is 1. The van der Waals surface area contributed by atoms with Gasteiger partial charge < -0.3 is 4.42 Å². The number of benzene rings is 1. The molecule has 1 unspecified atom stereocenters. The van der Waals surface area contributed by atoms with E-state index in [1.54, 1.807) is 29.7 Å². The van der Waals surface area contributed by atoms with Crippen LogP contribution in [0.4, 0.5) is 4.39 Å². The molecule has 1 atom stereocenters. The Bertz CT molecular complexity index is 722. The summed E-state index contributed by atoms with van der Waals surface area (Å²) < 4.78 is 18.9. The van der Waals surface area contributed by atoms with Crippen LogP contribution >= 0.6 is 11.3 Å². The molecule has 1 aromatic carbocycles. The first-order valence-corrected chi connectivity index (χ1v) is 6.56. The minimum Gasteiger partial charge on any atom is -0.459 e. The molecular weight excluding hydrogens is 265 g/mol. The van der Waals surface area contributed by atoms with Crippen molar-refractivity contribution in [1.82, 2.24) is 10.4 Å². The number of furan rings is 1. The molecule has 3 N–H and O–H groups in total. The molecule has 0 saturated carbocycles. The van der Waals surface area contributed by atoms with Crippen molar-refractivity contribution in [3.05, 3.63) is 51.9 Å². The number of nitrogens with two attached hydrogens (primary N) is 1. The fraction of sp³-hybridized carbons (Fsp3) is 0.154. The SMILES string of the molecule is Cc1ncc(C(NN)c2cc3cc(F)ccc3o2)s1. The van der Waals surface area contributed by atoms with Crippen molar-refractivity contribution >= 4 is 22.3 Å². The molecular formula is C13H12FN3OS. The molecule has 0 radical (unpaired) electrons. The lowest BCUT2D eigenvalue weighted by molar-refractivity contribution is 0.480. The molecule has 0 saturated heterocycles. The zero-order valence-electron chi connectivity index (χ0n) is 10.2. The summed E-state index contributed by atoms with van der Waals surface area (Å²) in [6, 6.07) is 5.93. The number of fused-ring (bicyclic) bond motifs is 1. The highest BCUT2D eigenvalue weighted by Gasteiger charge is 2.19. The van der Waals surface area contributed by atoms with Crippen LogP contribution in [0.15, 0.2) is 34.9 Å². The molecule has 0 aliphatic heterocycles. The Morgan fingerprint density at radius 1 is 1.42 bits per heavy atom. The summed E-state index contributed by atoms with van der Waals surface area (Å²) in [4.78, 5) is 5.16. The average molecular weight is 277 g/mol.